The Labute approximate surface area is 64.1 Å². The number of hydrogen-bond acceptors (Lipinski definition) is 3. The van der Waals surface area contributed by atoms with E-state index in [1.807, 2.05) is 26.4 Å². The largest absolute Gasteiger partial charge is 0.385 e. The van der Waals surface area contributed by atoms with E-state index in [2.05, 4.69) is 15.0 Å². The number of nitrogens with one attached hydrogen (secondary N) is 1. The normalized spacial score (nSPS) is 14.1. The Bertz CT molecular complexity index is 96.4. The van der Waals surface area contributed by atoms with Crippen molar-refractivity contribution in [3.05, 3.63) is 12.4 Å². The number of hydrogen-bond donors (Lipinski definition) is 1. The lowest BCUT2D eigenvalue weighted by molar-refractivity contribution is 0.215. The fourth-order valence-corrected chi connectivity index (χ4v) is 0.429. The Morgan fingerprint density at radius 1 is 1.80 bits per heavy atom. The second-order valence-electron chi connectivity index (χ2n) is 2.01. The van der Waals surface area contributed by atoms with Crippen molar-refractivity contribution in [1.82, 2.24) is 10.2 Å². The summed E-state index contributed by atoms with van der Waals surface area (Å²) in [4.78, 5) is 2.07. The van der Waals surface area contributed by atoms with Gasteiger partial charge in [0.2, 0.25) is 0 Å². The van der Waals surface area contributed by atoms with Crippen molar-refractivity contribution in [3.8, 4) is 0 Å². The van der Waals surface area contributed by atoms with Crippen molar-refractivity contribution in [3.63, 3.8) is 0 Å². The molecular formula is C7H18N2O. The number of methoxy groups -OCH3 is 1. The Morgan fingerprint density at radius 2 is 2.40 bits per heavy atom. The standard InChI is InChI=1S/C4H8N2.C3H8O.H2/c1-6-3-2-5-4-6;1-3-4-2;/h2-3,5H,4H2,1H3;3H2,1-2H3;1H. The minimum Gasteiger partial charge on any atom is -0.385 e. The molecule has 0 bridgehead atoms. The van der Waals surface area contributed by atoms with Crippen molar-refractivity contribution in [2.24, 2.45) is 0 Å². The molecule has 0 saturated carbocycles. The average Bonchev–Trinajstić information content (AvgIpc) is 2.40. The van der Waals surface area contributed by atoms with E-state index in [1.54, 1.807) is 7.11 Å². The van der Waals surface area contributed by atoms with E-state index in [0.717, 1.165) is 13.3 Å². The van der Waals surface area contributed by atoms with Gasteiger partial charge in [-0.2, -0.15) is 0 Å². The van der Waals surface area contributed by atoms with Crippen molar-refractivity contribution in [2.75, 3.05) is 27.4 Å². The van der Waals surface area contributed by atoms with E-state index in [-0.39, 0.29) is 1.43 Å². The quantitative estimate of drug-likeness (QED) is 0.593. The Morgan fingerprint density at radius 3 is 2.50 bits per heavy atom. The highest BCUT2D eigenvalue weighted by atomic mass is 16.5. The molecule has 0 aromatic carbocycles. The molecule has 3 nitrogen and oxygen atoms in total. The second kappa shape index (κ2) is 6.42. The summed E-state index contributed by atoms with van der Waals surface area (Å²) in [6, 6.07) is 0. The minimum atomic E-state index is 0. The molecule has 0 saturated heterocycles. The molecule has 1 aliphatic rings. The summed E-state index contributed by atoms with van der Waals surface area (Å²) in [7, 11) is 3.70. The van der Waals surface area contributed by atoms with Crippen LogP contribution in [-0.4, -0.2) is 32.3 Å². The van der Waals surface area contributed by atoms with E-state index >= 15 is 0 Å². The van der Waals surface area contributed by atoms with Crippen LogP contribution in [0.1, 0.15) is 8.35 Å². The van der Waals surface area contributed by atoms with Crippen LogP contribution in [0.25, 0.3) is 0 Å². The molecule has 0 radical (unpaired) electrons. The zero-order valence-corrected chi connectivity index (χ0v) is 6.92. The number of nitrogens with zero attached hydrogens (tertiary/aromatic N) is 1. The van der Waals surface area contributed by atoms with Gasteiger partial charge in [0.25, 0.3) is 0 Å². The monoisotopic (exact) mass is 146 g/mol. The van der Waals surface area contributed by atoms with Crippen LogP contribution in [0.4, 0.5) is 0 Å². The van der Waals surface area contributed by atoms with Crippen LogP contribution in [0.5, 0.6) is 0 Å². The van der Waals surface area contributed by atoms with Gasteiger partial charge in [0.05, 0.1) is 6.67 Å². The molecule has 0 aliphatic carbocycles. The Hall–Kier alpha value is -0.700. The first kappa shape index (κ1) is 9.30. The van der Waals surface area contributed by atoms with Crippen molar-refractivity contribution in [2.45, 2.75) is 6.92 Å². The molecule has 1 rings (SSSR count). The zero-order valence-electron chi connectivity index (χ0n) is 6.92. The Balaban J connectivity index is 0. The molecule has 0 spiro atoms. The summed E-state index contributed by atoms with van der Waals surface area (Å²) >= 11 is 0. The molecule has 1 N–H and O–H groups in total. The summed E-state index contributed by atoms with van der Waals surface area (Å²) in [5, 5.41) is 3.02. The van der Waals surface area contributed by atoms with Crippen molar-refractivity contribution in [1.29, 1.82) is 0 Å². The molecule has 0 aromatic rings. The maximum atomic E-state index is 4.54. The fraction of sp³-hybridized carbons (Fsp3) is 0.714. The van der Waals surface area contributed by atoms with E-state index in [1.165, 1.54) is 0 Å². The molecule has 0 unspecified atom stereocenters. The van der Waals surface area contributed by atoms with Crippen LogP contribution in [0.2, 0.25) is 0 Å². The lowest BCUT2D eigenvalue weighted by atomic mass is 10.9. The molecule has 1 heterocycles. The van der Waals surface area contributed by atoms with Crippen LogP contribution in [0.3, 0.4) is 0 Å². The minimum absolute atomic E-state index is 0. The van der Waals surface area contributed by atoms with Gasteiger partial charge in [-0.1, -0.05) is 0 Å². The summed E-state index contributed by atoms with van der Waals surface area (Å²) < 4.78 is 4.54. The van der Waals surface area contributed by atoms with Gasteiger partial charge in [0, 0.05) is 34.6 Å². The first-order valence-electron chi connectivity index (χ1n) is 3.40. The number of rotatable bonds is 1. The van der Waals surface area contributed by atoms with Gasteiger partial charge in [0.1, 0.15) is 0 Å². The van der Waals surface area contributed by atoms with Gasteiger partial charge in [-0.05, 0) is 6.92 Å². The molecule has 3 heteroatoms. The van der Waals surface area contributed by atoms with Gasteiger partial charge in [-0.15, -0.1) is 0 Å². The summed E-state index contributed by atoms with van der Waals surface area (Å²) in [6.07, 6.45) is 3.93. The first-order chi connectivity index (χ1) is 4.81. The average molecular weight is 146 g/mol. The molecule has 0 atom stereocenters. The molecular weight excluding hydrogens is 128 g/mol. The third-order valence-corrected chi connectivity index (χ3v) is 1.08. The van der Waals surface area contributed by atoms with Crippen molar-refractivity contribution < 1.29 is 6.16 Å². The summed E-state index contributed by atoms with van der Waals surface area (Å²) in [5.41, 5.74) is 0. The van der Waals surface area contributed by atoms with Gasteiger partial charge in [0.15, 0.2) is 0 Å². The predicted molar refractivity (Wildman–Crippen MR) is 44.6 cm³/mol. The van der Waals surface area contributed by atoms with Gasteiger partial charge in [-0.25, -0.2) is 0 Å². The van der Waals surface area contributed by atoms with E-state index in [9.17, 15) is 0 Å². The van der Waals surface area contributed by atoms with E-state index < -0.39 is 0 Å². The number of ether oxygens (including phenoxy) is 1. The van der Waals surface area contributed by atoms with Crippen LogP contribution < -0.4 is 5.32 Å². The van der Waals surface area contributed by atoms with Gasteiger partial charge < -0.3 is 15.0 Å². The zero-order chi connectivity index (χ0) is 7.82. The lowest BCUT2D eigenvalue weighted by Crippen LogP contribution is -2.14. The molecule has 0 amide bonds. The predicted octanol–water partition coefficient (Wildman–Crippen LogP) is 0.849. The fourth-order valence-electron chi connectivity index (χ4n) is 0.429. The summed E-state index contributed by atoms with van der Waals surface area (Å²) in [6.45, 7) is 3.74. The Kier molecular flexibility index (Phi) is 5.97. The van der Waals surface area contributed by atoms with Crippen molar-refractivity contribution >= 4 is 0 Å². The second-order valence-corrected chi connectivity index (χ2v) is 2.01. The third-order valence-electron chi connectivity index (χ3n) is 1.08. The topological polar surface area (TPSA) is 24.5 Å². The third kappa shape index (κ3) is 5.44. The van der Waals surface area contributed by atoms with Gasteiger partial charge >= 0.3 is 0 Å². The first-order valence-corrected chi connectivity index (χ1v) is 3.40. The molecule has 1 aliphatic heterocycles. The maximum absolute atomic E-state index is 4.54. The van der Waals surface area contributed by atoms with E-state index in [4.69, 9.17) is 0 Å². The van der Waals surface area contributed by atoms with Crippen LogP contribution in [0.15, 0.2) is 12.4 Å². The molecule has 10 heavy (non-hydrogen) atoms. The van der Waals surface area contributed by atoms with E-state index in [0.29, 0.717) is 0 Å². The van der Waals surface area contributed by atoms with Crippen LogP contribution in [0, 0.1) is 0 Å². The lowest BCUT2D eigenvalue weighted by Gasteiger charge is -2.02. The smallest absolute Gasteiger partial charge is 0.0864 e. The highest BCUT2D eigenvalue weighted by Gasteiger charge is 1.90. The molecule has 62 valence electrons. The van der Waals surface area contributed by atoms with Crippen LogP contribution >= 0.6 is 0 Å². The molecule has 0 aromatic heterocycles. The summed E-state index contributed by atoms with van der Waals surface area (Å²) in [5.74, 6) is 0. The maximum Gasteiger partial charge on any atom is 0.0864 e. The SMILES string of the molecule is CCOC.CN1C=CNC1.[HH]. The van der Waals surface area contributed by atoms with Crippen LogP contribution in [-0.2, 0) is 4.74 Å². The van der Waals surface area contributed by atoms with Gasteiger partial charge in [-0.3, -0.25) is 0 Å². The highest BCUT2D eigenvalue weighted by molar-refractivity contribution is 4.84. The highest BCUT2D eigenvalue weighted by Crippen LogP contribution is 1.84. The molecule has 0 fully saturated rings.